The number of nitrogens with one attached hydrogen (secondary N) is 1. The minimum Gasteiger partial charge on any atom is -0.410 e. The zero-order chi connectivity index (χ0) is 21.6. The number of benzene rings is 2. The van der Waals surface area contributed by atoms with Gasteiger partial charge in [0.2, 0.25) is 0 Å². The van der Waals surface area contributed by atoms with Crippen LogP contribution in [-0.2, 0) is 0 Å². The lowest BCUT2D eigenvalue weighted by Gasteiger charge is -2.32. The Labute approximate surface area is 189 Å². The quantitative estimate of drug-likeness (QED) is 0.566. The van der Waals surface area contributed by atoms with Crippen molar-refractivity contribution in [1.29, 1.82) is 0 Å². The van der Waals surface area contributed by atoms with E-state index < -0.39 is 0 Å². The summed E-state index contributed by atoms with van der Waals surface area (Å²) in [4.78, 5) is 30.3. The SMILES string of the molecule is CN(CCN1CCSc2cc(NC(=O)c3cccs3)ccc21)C(=O)Oc1ccccc1. The van der Waals surface area contributed by atoms with Crippen LogP contribution in [0.5, 0.6) is 5.75 Å². The monoisotopic (exact) mass is 453 g/mol. The van der Waals surface area contributed by atoms with Crippen molar-refractivity contribution in [2.24, 2.45) is 0 Å². The van der Waals surface area contributed by atoms with Crippen molar-refractivity contribution in [2.75, 3.05) is 42.7 Å². The number of likely N-dealkylation sites (N-methyl/N-ethyl adjacent to an activating group) is 1. The maximum atomic E-state index is 12.3. The average molecular weight is 454 g/mol. The van der Waals surface area contributed by atoms with Crippen LogP contribution >= 0.6 is 23.1 Å². The Bertz CT molecular complexity index is 1040. The molecule has 2 heterocycles. The van der Waals surface area contributed by atoms with Crippen LogP contribution in [0.2, 0.25) is 0 Å². The normalized spacial score (nSPS) is 12.7. The Morgan fingerprint density at radius 1 is 1.13 bits per heavy atom. The minimum absolute atomic E-state index is 0.0915. The number of nitrogens with zero attached hydrogens (tertiary/aromatic N) is 2. The number of anilines is 2. The average Bonchev–Trinajstić information content (AvgIpc) is 3.33. The van der Waals surface area contributed by atoms with Crippen LogP contribution in [-0.4, -0.2) is 49.3 Å². The van der Waals surface area contributed by atoms with E-state index >= 15 is 0 Å². The third kappa shape index (κ3) is 5.39. The second-order valence-corrected chi connectivity index (χ2v) is 9.14. The Balaban J connectivity index is 1.35. The number of carbonyl (C=O) groups is 2. The van der Waals surface area contributed by atoms with Gasteiger partial charge in [0.1, 0.15) is 5.75 Å². The molecule has 2 amide bonds. The summed E-state index contributed by atoms with van der Waals surface area (Å²) in [5, 5.41) is 4.86. The van der Waals surface area contributed by atoms with E-state index in [0.717, 1.165) is 28.6 Å². The fourth-order valence-corrected chi connectivity index (χ4v) is 4.92. The molecular weight excluding hydrogens is 430 g/mol. The summed E-state index contributed by atoms with van der Waals surface area (Å²) in [5.41, 5.74) is 1.91. The zero-order valence-electron chi connectivity index (χ0n) is 17.1. The van der Waals surface area contributed by atoms with Crippen molar-refractivity contribution < 1.29 is 14.3 Å². The lowest BCUT2D eigenvalue weighted by molar-refractivity contribution is 0.103. The maximum absolute atomic E-state index is 12.3. The minimum atomic E-state index is -0.371. The number of amides is 2. The third-order valence-electron chi connectivity index (χ3n) is 4.89. The predicted octanol–water partition coefficient (Wildman–Crippen LogP) is 5.04. The van der Waals surface area contributed by atoms with Crippen LogP contribution in [0.1, 0.15) is 9.67 Å². The fraction of sp³-hybridized carbons (Fsp3) is 0.217. The Hall–Kier alpha value is -2.97. The summed E-state index contributed by atoms with van der Waals surface area (Å²) in [6.07, 6.45) is -0.371. The number of thiophene rings is 1. The van der Waals surface area contributed by atoms with Crippen LogP contribution in [0.25, 0.3) is 0 Å². The summed E-state index contributed by atoms with van der Waals surface area (Å²) in [5.74, 6) is 1.40. The number of ether oxygens (including phenoxy) is 1. The molecule has 1 N–H and O–H groups in total. The molecule has 0 saturated carbocycles. The first kappa shape index (κ1) is 21.3. The van der Waals surface area contributed by atoms with E-state index in [0.29, 0.717) is 23.7 Å². The van der Waals surface area contributed by atoms with Gasteiger partial charge in [0.15, 0.2) is 0 Å². The second kappa shape index (κ2) is 9.89. The molecule has 0 aliphatic carbocycles. The molecule has 31 heavy (non-hydrogen) atoms. The van der Waals surface area contributed by atoms with Crippen LogP contribution in [0.15, 0.2) is 70.9 Å². The molecule has 160 valence electrons. The number of thioether (sulfide) groups is 1. The molecule has 8 heteroatoms. The highest BCUT2D eigenvalue weighted by molar-refractivity contribution is 7.99. The standard InChI is InChI=1S/C23H23N3O3S2/c1-25(23(28)29-18-6-3-2-4-7-18)11-12-26-13-15-31-21-16-17(9-10-19(21)26)24-22(27)20-8-5-14-30-20/h2-10,14,16H,11-13,15H2,1H3,(H,24,27). The molecule has 2 aromatic carbocycles. The maximum Gasteiger partial charge on any atom is 0.415 e. The van der Waals surface area contributed by atoms with Crippen molar-refractivity contribution in [3.63, 3.8) is 0 Å². The number of hydrogen-bond acceptors (Lipinski definition) is 6. The van der Waals surface area contributed by atoms with Gasteiger partial charge in [-0.15, -0.1) is 23.1 Å². The lowest BCUT2D eigenvalue weighted by Crippen LogP contribution is -2.39. The van der Waals surface area contributed by atoms with E-state index in [4.69, 9.17) is 4.74 Å². The molecule has 0 saturated heterocycles. The predicted molar refractivity (Wildman–Crippen MR) is 127 cm³/mol. The van der Waals surface area contributed by atoms with Crippen molar-refractivity contribution in [1.82, 2.24) is 4.90 Å². The summed E-state index contributed by atoms with van der Waals surface area (Å²) in [6.45, 7) is 2.15. The molecule has 1 aromatic heterocycles. The fourth-order valence-electron chi connectivity index (χ4n) is 3.22. The van der Waals surface area contributed by atoms with Crippen molar-refractivity contribution >= 4 is 46.5 Å². The van der Waals surface area contributed by atoms with E-state index in [9.17, 15) is 9.59 Å². The molecular formula is C23H23N3O3S2. The van der Waals surface area contributed by atoms with Gasteiger partial charge in [0, 0.05) is 43.0 Å². The third-order valence-corrected chi connectivity index (χ3v) is 6.78. The zero-order valence-corrected chi connectivity index (χ0v) is 18.7. The molecule has 0 bridgehead atoms. The first-order valence-corrected chi connectivity index (χ1v) is 11.8. The molecule has 0 atom stereocenters. The molecule has 4 rings (SSSR count). The topological polar surface area (TPSA) is 61.9 Å². The van der Waals surface area contributed by atoms with Gasteiger partial charge in [-0.2, -0.15) is 0 Å². The van der Waals surface area contributed by atoms with Crippen LogP contribution in [0, 0.1) is 0 Å². The first-order chi connectivity index (χ1) is 15.1. The van der Waals surface area contributed by atoms with Crippen LogP contribution < -0.4 is 15.0 Å². The van der Waals surface area contributed by atoms with E-state index in [1.165, 1.54) is 11.3 Å². The summed E-state index contributed by atoms with van der Waals surface area (Å²) in [6, 6.07) is 18.7. The Morgan fingerprint density at radius 2 is 1.97 bits per heavy atom. The summed E-state index contributed by atoms with van der Waals surface area (Å²) >= 11 is 3.20. The van der Waals surface area contributed by atoms with E-state index in [-0.39, 0.29) is 12.0 Å². The Kier molecular flexibility index (Phi) is 6.79. The highest BCUT2D eigenvalue weighted by atomic mass is 32.2. The molecule has 1 aliphatic rings. The number of hydrogen-bond donors (Lipinski definition) is 1. The van der Waals surface area contributed by atoms with Gasteiger partial charge < -0.3 is 19.9 Å². The number of carbonyl (C=O) groups excluding carboxylic acids is 2. The largest absolute Gasteiger partial charge is 0.415 e. The van der Waals surface area contributed by atoms with Crippen molar-refractivity contribution in [2.45, 2.75) is 4.90 Å². The van der Waals surface area contributed by atoms with Gasteiger partial charge in [-0.1, -0.05) is 24.3 Å². The molecule has 1 aliphatic heterocycles. The van der Waals surface area contributed by atoms with Crippen LogP contribution in [0.4, 0.5) is 16.2 Å². The first-order valence-electron chi connectivity index (χ1n) is 9.95. The number of fused-ring (bicyclic) bond motifs is 1. The van der Waals surface area contributed by atoms with Gasteiger partial charge in [0.25, 0.3) is 5.91 Å². The van der Waals surface area contributed by atoms with Gasteiger partial charge in [-0.3, -0.25) is 4.79 Å². The molecule has 3 aromatic rings. The highest BCUT2D eigenvalue weighted by Gasteiger charge is 2.20. The second-order valence-electron chi connectivity index (χ2n) is 7.05. The molecule has 0 radical (unpaired) electrons. The smallest absolute Gasteiger partial charge is 0.410 e. The number of para-hydroxylation sites is 1. The highest BCUT2D eigenvalue weighted by Crippen LogP contribution is 2.36. The molecule has 0 fully saturated rings. The molecule has 6 nitrogen and oxygen atoms in total. The van der Waals surface area contributed by atoms with Crippen LogP contribution in [0.3, 0.4) is 0 Å². The van der Waals surface area contributed by atoms with Crippen molar-refractivity contribution in [3.05, 3.63) is 70.9 Å². The summed E-state index contributed by atoms with van der Waals surface area (Å²) < 4.78 is 5.39. The Morgan fingerprint density at radius 3 is 2.74 bits per heavy atom. The number of rotatable bonds is 6. The van der Waals surface area contributed by atoms with E-state index in [2.05, 4.69) is 10.2 Å². The van der Waals surface area contributed by atoms with E-state index in [1.807, 2.05) is 53.9 Å². The van der Waals surface area contributed by atoms with Gasteiger partial charge in [-0.05, 0) is 41.8 Å². The lowest BCUT2D eigenvalue weighted by atomic mass is 10.2. The molecule has 0 unspecified atom stereocenters. The van der Waals surface area contributed by atoms with Crippen molar-refractivity contribution in [3.8, 4) is 5.75 Å². The van der Waals surface area contributed by atoms with E-state index in [1.54, 1.807) is 35.8 Å². The van der Waals surface area contributed by atoms with Gasteiger partial charge in [0.05, 0.1) is 10.6 Å². The van der Waals surface area contributed by atoms with Gasteiger partial charge in [-0.25, -0.2) is 4.79 Å². The molecule has 0 spiro atoms. The van der Waals surface area contributed by atoms with Gasteiger partial charge >= 0.3 is 6.09 Å². The summed E-state index contributed by atoms with van der Waals surface area (Å²) in [7, 11) is 1.74.